The van der Waals surface area contributed by atoms with Crippen molar-refractivity contribution >= 4 is 43.9 Å². The summed E-state index contributed by atoms with van der Waals surface area (Å²) in [5.41, 5.74) is 2.62. The summed E-state index contributed by atoms with van der Waals surface area (Å²) in [4.78, 5) is 40.6. The Morgan fingerprint density at radius 2 is 2.07 bits per heavy atom. The molecule has 0 atom stereocenters. The number of rotatable bonds is 5. The monoisotopic (exact) mass is 437 g/mol. The number of nitrogens with one attached hydrogen (secondary N) is 1. The largest absolute Gasteiger partial charge is 0.302 e. The zero-order chi connectivity index (χ0) is 20.5. The summed E-state index contributed by atoms with van der Waals surface area (Å²) in [5.74, 6) is -0.184. The van der Waals surface area contributed by atoms with E-state index in [1.165, 1.54) is 28.2 Å². The normalized spacial score (nSPS) is 13.3. The Morgan fingerprint density at radius 1 is 1.17 bits per heavy atom. The second kappa shape index (κ2) is 8.08. The van der Waals surface area contributed by atoms with E-state index in [4.69, 9.17) is 0 Å². The van der Waals surface area contributed by atoms with Gasteiger partial charge in [-0.05, 0) is 43.4 Å². The summed E-state index contributed by atoms with van der Waals surface area (Å²) < 4.78 is 1.55. The molecular weight excluding hydrogens is 418 g/mol. The van der Waals surface area contributed by atoms with Crippen LogP contribution in [0.5, 0.6) is 0 Å². The highest BCUT2D eigenvalue weighted by Crippen LogP contribution is 2.33. The molecule has 0 saturated carbocycles. The van der Waals surface area contributed by atoms with Gasteiger partial charge in [-0.25, -0.2) is 9.97 Å². The highest BCUT2D eigenvalue weighted by atomic mass is 32.1. The fourth-order valence-corrected chi connectivity index (χ4v) is 5.65. The van der Waals surface area contributed by atoms with Crippen molar-refractivity contribution < 1.29 is 4.79 Å². The molecular formula is C21H19N5O2S2. The highest BCUT2D eigenvalue weighted by Gasteiger charge is 2.20. The summed E-state index contributed by atoms with van der Waals surface area (Å²) in [6, 6.07) is 5.62. The van der Waals surface area contributed by atoms with Gasteiger partial charge in [-0.15, -0.1) is 22.7 Å². The van der Waals surface area contributed by atoms with Crippen molar-refractivity contribution in [2.24, 2.45) is 0 Å². The number of anilines is 1. The van der Waals surface area contributed by atoms with Crippen LogP contribution in [0, 0.1) is 0 Å². The van der Waals surface area contributed by atoms with Gasteiger partial charge >= 0.3 is 0 Å². The number of thiophene rings is 1. The van der Waals surface area contributed by atoms with Crippen LogP contribution in [0.2, 0.25) is 0 Å². The van der Waals surface area contributed by atoms with Crippen molar-refractivity contribution in [3.05, 3.63) is 56.9 Å². The van der Waals surface area contributed by atoms with E-state index in [-0.39, 0.29) is 24.4 Å². The molecule has 5 rings (SSSR count). The third-order valence-corrected chi connectivity index (χ3v) is 7.16. The Bertz CT molecular complexity index is 1280. The van der Waals surface area contributed by atoms with Crippen LogP contribution in [0.3, 0.4) is 0 Å². The molecule has 1 amide bonds. The molecule has 7 nitrogen and oxygen atoms in total. The lowest BCUT2D eigenvalue weighted by Gasteiger charge is -2.10. The second-order valence-corrected chi connectivity index (χ2v) is 9.13. The van der Waals surface area contributed by atoms with Crippen molar-refractivity contribution in [3.63, 3.8) is 0 Å². The van der Waals surface area contributed by atoms with Gasteiger partial charge in [-0.3, -0.25) is 19.1 Å². The van der Waals surface area contributed by atoms with Crippen molar-refractivity contribution in [2.45, 2.75) is 38.6 Å². The number of aromatic nitrogens is 4. The smallest absolute Gasteiger partial charge is 0.262 e. The van der Waals surface area contributed by atoms with Gasteiger partial charge in [0, 0.05) is 29.4 Å². The first-order chi connectivity index (χ1) is 14.7. The van der Waals surface area contributed by atoms with E-state index in [1.807, 2.05) is 23.6 Å². The lowest BCUT2D eigenvalue weighted by Crippen LogP contribution is -2.24. The number of pyridine rings is 1. The Kier molecular flexibility index (Phi) is 5.14. The fraction of sp³-hybridized carbons (Fsp3) is 0.286. The number of aryl methyl sites for hydroxylation is 3. The third-order valence-electron chi connectivity index (χ3n) is 5.20. The van der Waals surface area contributed by atoms with Crippen molar-refractivity contribution in [1.82, 2.24) is 19.5 Å². The number of hydrogen-bond acceptors (Lipinski definition) is 7. The molecule has 0 aromatic carbocycles. The average molecular weight is 438 g/mol. The number of thiazole rings is 1. The Morgan fingerprint density at radius 3 is 2.93 bits per heavy atom. The SMILES string of the molecule is O=C(CCn1cnc2sc3c(c2c1=O)CCCC3)Nc1nc(-c2ccccn2)cs1. The summed E-state index contributed by atoms with van der Waals surface area (Å²) in [6.45, 7) is 0.288. The second-order valence-electron chi connectivity index (χ2n) is 7.19. The quantitative estimate of drug-likeness (QED) is 0.512. The van der Waals surface area contributed by atoms with E-state index in [1.54, 1.807) is 28.4 Å². The molecule has 152 valence electrons. The molecule has 0 radical (unpaired) electrons. The third kappa shape index (κ3) is 3.66. The van der Waals surface area contributed by atoms with Gasteiger partial charge in [0.2, 0.25) is 5.91 Å². The topological polar surface area (TPSA) is 89.8 Å². The van der Waals surface area contributed by atoms with Crippen LogP contribution in [-0.4, -0.2) is 25.4 Å². The molecule has 0 unspecified atom stereocenters. The zero-order valence-electron chi connectivity index (χ0n) is 16.1. The first-order valence-corrected chi connectivity index (χ1v) is 11.5. The van der Waals surface area contributed by atoms with Gasteiger partial charge in [-0.1, -0.05) is 6.07 Å². The highest BCUT2D eigenvalue weighted by molar-refractivity contribution is 7.18. The lowest BCUT2D eigenvalue weighted by molar-refractivity contribution is -0.116. The molecule has 4 aromatic rings. The van der Waals surface area contributed by atoms with E-state index in [0.29, 0.717) is 5.13 Å². The maximum atomic E-state index is 13.0. The molecule has 0 fully saturated rings. The first-order valence-electron chi connectivity index (χ1n) is 9.85. The predicted molar refractivity (Wildman–Crippen MR) is 119 cm³/mol. The first kappa shape index (κ1) is 19.1. The number of nitrogens with zero attached hydrogens (tertiary/aromatic N) is 4. The summed E-state index contributed by atoms with van der Waals surface area (Å²) >= 11 is 2.99. The molecule has 0 aliphatic heterocycles. The lowest BCUT2D eigenvalue weighted by atomic mass is 9.97. The number of carbonyl (C=O) groups excluding carboxylic acids is 1. The summed E-state index contributed by atoms with van der Waals surface area (Å²) in [7, 11) is 0. The number of hydrogen-bond donors (Lipinski definition) is 1. The molecule has 1 aliphatic rings. The van der Waals surface area contributed by atoms with E-state index >= 15 is 0 Å². The molecule has 1 N–H and O–H groups in total. The standard InChI is InChI=1S/C21H19N5O2S2/c27-17(25-21-24-15(11-29-21)14-6-3-4-9-22-14)8-10-26-12-23-19-18(20(26)28)13-5-1-2-7-16(13)30-19/h3-4,6,9,11-12H,1-2,5,7-8,10H2,(H,24,25,27). The molecule has 4 heterocycles. The van der Waals surface area contributed by atoms with E-state index < -0.39 is 0 Å². The Hall–Kier alpha value is -2.91. The minimum Gasteiger partial charge on any atom is -0.302 e. The maximum Gasteiger partial charge on any atom is 0.262 e. The fourth-order valence-electron chi connectivity index (χ4n) is 3.71. The van der Waals surface area contributed by atoms with Crippen molar-refractivity contribution in [1.29, 1.82) is 0 Å². The van der Waals surface area contributed by atoms with Gasteiger partial charge in [0.05, 0.1) is 17.4 Å². The van der Waals surface area contributed by atoms with Gasteiger partial charge in [-0.2, -0.15) is 0 Å². The van der Waals surface area contributed by atoms with Crippen LogP contribution >= 0.6 is 22.7 Å². The van der Waals surface area contributed by atoms with Crippen molar-refractivity contribution in [2.75, 3.05) is 5.32 Å². The molecule has 0 saturated heterocycles. The van der Waals surface area contributed by atoms with Gasteiger partial charge in [0.15, 0.2) is 5.13 Å². The molecule has 4 aromatic heterocycles. The molecule has 9 heteroatoms. The van der Waals surface area contributed by atoms with E-state index in [9.17, 15) is 9.59 Å². The van der Waals surface area contributed by atoms with E-state index in [0.717, 1.165) is 40.9 Å². The van der Waals surface area contributed by atoms with Gasteiger partial charge in [0.25, 0.3) is 5.56 Å². The Balaban J connectivity index is 1.28. The number of fused-ring (bicyclic) bond motifs is 3. The molecule has 0 bridgehead atoms. The van der Waals surface area contributed by atoms with Crippen LogP contribution in [0.15, 0.2) is 40.9 Å². The number of amides is 1. The van der Waals surface area contributed by atoms with Crippen LogP contribution in [0.4, 0.5) is 5.13 Å². The van der Waals surface area contributed by atoms with E-state index in [2.05, 4.69) is 20.3 Å². The van der Waals surface area contributed by atoms with Crippen LogP contribution < -0.4 is 10.9 Å². The van der Waals surface area contributed by atoms with Crippen LogP contribution in [-0.2, 0) is 24.2 Å². The van der Waals surface area contributed by atoms with Crippen molar-refractivity contribution in [3.8, 4) is 11.4 Å². The summed E-state index contributed by atoms with van der Waals surface area (Å²) in [6.07, 6.45) is 7.71. The maximum absolute atomic E-state index is 13.0. The minimum absolute atomic E-state index is 0.0427. The predicted octanol–water partition coefficient (Wildman–Crippen LogP) is 3.88. The van der Waals surface area contributed by atoms with Gasteiger partial charge in [0.1, 0.15) is 10.5 Å². The van der Waals surface area contributed by atoms with Crippen LogP contribution in [0.25, 0.3) is 21.6 Å². The molecule has 0 spiro atoms. The zero-order valence-corrected chi connectivity index (χ0v) is 17.8. The van der Waals surface area contributed by atoms with Gasteiger partial charge < -0.3 is 5.32 Å². The molecule has 1 aliphatic carbocycles. The molecule has 30 heavy (non-hydrogen) atoms. The van der Waals surface area contributed by atoms with Crippen LogP contribution in [0.1, 0.15) is 29.7 Å². The summed E-state index contributed by atoms with van der Waals surface area (Å²) in [5, 5.41) is 5.94. The minimum atomic E-state index is -0.184. The number of carbonyl (C=O) groups is 1. The average Bonchev–Trinajstić information content (AvgIpc) is 3.38. The Labute approximate surface area is 180 Å².